The molecule has 0 atom stereocenters. The van der Waals surface area contributed by atoms with Gasteiger partial charge in [-0.25, -0.2) is 0 Å². The van der Waals surface area contributed by atoms with E-state index in [1.807, 2.05) is 13.0 Å². The van der Waals surface area contributed by atoms with Gasteiger partial charge in [-0.3, -0.25) is 0 Å². The topological polar surface area (TPSA) is 30.7 Å². The number of nitrogens with zero attached hydrogens (tertiary/aromatic N) is 3. The van der Waals surface area contributed by atoms with Crippen LogP contribution in [0, 0.1) is 6.92 Å². The molecule has 1 heterocycles. The fraction of sp³-hybridized carbons (Fsp3) is 0.130. The summed E-state index contributed by atoms with van der Waals surface area (Å²) in [6, 6.07) is 27.9. The lowest BCUT2D eigenvalue weighted by molar-refractivity contribution is 0.687. The molecule has 3 aromatic carbocycles. The summed E-state index contributed by atoms with van der Waals surface area (Å²) >= 11 is 1.79. The van der Waals surface area contributed by atoms with Crippen LogP contribution in [0.5, 0.6) is 0 Å². The standard InChI is InChI=1S/C23H19N3S/c1-16-24-25-23(26(16)15-17-9-3-2-4-10-17)27-22-20-13-7-5-11-18(20)19-12-6-8-14-21(19)22/h2-14,22H,15H2,1H3. The maximum Gasteiger partial charge on any atom is 0.192 e. The molecular formula is C23H19N3S. The molecule has 1 aliphatic carbocycles. The molecular weight excluding hydrogens is 350 g/mol. The number of hydrogen-bond acceptors (Lipinski definition) is 3. The molecule has 3 nitrogen and oxygen atoms in total. The largest absolute Gasteiger partial charge is 0.302 e. The lowest BCUT2D eigenvalue weighted by Crippen LogP contribution is -2.05. The third-order valence-electron chi connectivity index (χ3n) is 5.09. The van der Waals surface area contributed by atoms with Gasteiger partial charge < -0.3 is 4.57 Å². The van der Waals surface area contributed by atoms with Crippen molar-refractivity contribution in [3.63, 3.8) is 0 Å². The highest BCUT2D eigenvalue weighted by molar-refractivity contribution is 7.99. The molecule has 1 aliphatic rings. The molecule has 0 unspecified atom stereocenters. The monoisotopic (exact) mass is 369 g/mol. The van der Waals surface area contributed by atoms with Crippen molar-refractivity contribution in [3.05, 3.63) is 101 Å². The third kappa shape index (κ3) is 2.86. The molecule has 0 bridgehead atoms. The molecule has 27 heavy (non-hydrogen) atoms. The van der Waals surface area contributed by atoms with Crippen LogP contribution in [0.25, 0.3) is 11.1 Å². The second-order valence-electron chi connectivity index (χ2n) is 6.77. The molecule has 0 saturated carbocycles. The summed E-state index contributed by atoms with van der Waals surface area (Å²) in [6.07, 6.45) is 0. The van der Waals surface area contributed by atoms with E-state index in [9.17, 15) is 0 Å². The number of aryl methyl sites for hydroxylation is 1. The van der Waals surface area contributed by atoms with Crippen molar-refractivity contribution < 1.29 is 0 Å². The number of thioether (sulfide) groups is 1. The molecule has 0 N–H and O–H groups in total. The molecule has 0 saturated heterocycles. The van der Waals surface area contributed by atoms with Crippen LogP contribution >= 0.6 is 11.8 Å². The molecule has 0 radical (unpaired) electrons. The quantitative estimate of drug-likeness (QED) is 0.476. The Morgan fingerprint density at radius 3 is 2.04 bits per heavy atom. The molecule has 4 heteroatoms. The van der Waals surface area contributed by atoms with Gasteiger partial charge in [-0.2, -0.15) is 0 Å². The predicted octanol–water partition coefficient (Wildman–Crippen LogP) is 5.50. The summed E-state index contributed by atoms with van der Waals surface area (Å²) in [5.41, 5.74) is 6.63. The van der Waals surface area contributed by atoms with Crippen LogP contribution in [-0.4, -0.2) is 14.8 Å². The Labute approximate surface area is 163 Å². The Hall–Kier alpha value is -2.85. The number of hydrogen-bond donors (Lipinski definition) is 0. The third-order valence-corrected chi connectivity index (χ3v) is 6.34. The summed E-state index contributed by atoms with van der Waals surface area (Å²) < 4.78 is 2.21. The van der Waals surface area contributed by atoms with Crippen molar-refractivity contribution in [1.82, 2.24) is 14.8 Å². The van der Waals surface area contributed by atoms with Crippen LogP contribution in [0.1, 0.15) is 27.8 Å². The van der Waals surface area contributed by atoms with Gasteiger partial charge in [0.15, 0.2) is 5.16 Å². The maximum atomic E-state index is 4.50. The summed E-state index contributed by atoms with van der Waals surface area (Å²) in [5.74, 6) is 0.945. The Bertz CT molecular complexity index is 1060. The first kappa shape index (κ1) is 16.3. The van der Waals surface area contributed by atoms with Gasteiger partial charge in [-0.1, -0.05) is 90.6 Å². The predicted molar refractivity (Wildman–Crippen MR) is 110 cm³/mol. The van der Waals surface area contributed by atoms with Crippen LogP contribution in [-0.2, 0) is 6.54 Å². The zero-order valence-electron chi connectivity index (χ0n) is 15.0. The van der Waals surface area contributed by atoms with Gasteiger partial charge in [0, 0.05) is 0 Å². The summed E-state index contributed by atoms with van der Waals surface area (Å²) in [4.78, 5) is 0. The van der Waals surface area contributed by atoms with Gasteiger partial charge in [-0.05, 0) is 34.7 Å². The first-order valence-electron chi connectivity index (χ1n) is 9.10. The van der Waals surface area contributed by atoms with Crippen molar-refractivity contribution in [2.24, 2.45) is 0 Å². The maximum absolute atomic E-state index is 4.50. The average Bonchev–Trinajstić information content (AvgIpc) is 3.22. The molecule has 0 spiro atoms. The Balaban J connectivity index is 1.53. The Morgan fingerprint density at radius 1 is 0.778 bits per heavy atom. The van der Waals surface area contributed by atoms with Crippen molar-refractivity contribution in [3.8, 4) is 11.1 Å². The van der Waals surface area contributed by atoms with Crippen molar-refractivity contribution in [2.45, 2.75) is 23.9 Å². The van der Waals surface area contributed by atoms with E-state index in [2.05, 4.69) is 87.6 Å². The van der Waals surface area contributed by atoms with Crippen LogP contribution in [0.4, 0.5) is 0 Å². The number of benzene rings is 3. The fourth-order valence-corrected chi connectivity index (χ4v) is 5.03. The van der Waals surface area contributed by atoms with Gasteiger partial charge in [0.25, 0.3) is 0 Å². The van der Waals surface area contributed by atoms with E-state index in [0.717, 1.165) is 17.5 Å². The normalized spacial score (nSPS) is 12.8. The summed E-state index contributed by atoms with van der Waals surface area (Å²) in [6.45, 7) is 2.81. The molecule has 4 aromatic rings. The Kier molecular flexibility index (Phi) is 4.06. The van der Waals surface area contributed by atoms with Gasteiger partial charge in [0.2, 0.25) is 0 Å². The van der Waals surface area contributed by atoms with Crippen molar-refractivity contribution in [2.75, 3.05) is 0 Å². The molecule has 0 aliphatic heterocycles. The highest BCUT2D eigenvalue weighted by atomic mass is 32.2. The van der Waals surface area contributed by atoms with E-state index in [-0.39, 0.29) is 5.25 Å². The summed E-state index contributed by atoms with van der Waals surface area (Å²) in [7, 11) is 0. The first-order chi connectivity index (χ1) is 13.3. The fourth-order valence-electron chi connectivity index (χ4n) is 3.74. The second kappa shape index (κ2) is 6.71. The average molecular weight is 369 g/mol. The van der Waals surface area contributed by atoms with E-state index >= 15 is 0 Å². The highest BCUT2D eigenvalue weighted by Gasteiger charge is 2.30. The van der Waals surface area contributed by atoms with E-state index in [1.54, 1.807) is 11.8 Å². The zero-order valence-corrected chi connectivity index (χ0v) is 15.9. The minimum atomic E-state index is 0.246. The van der Waals surface area contributed by atoms with Crippen molar-refractivity contribution >= 4 is 11.8 Å². The minimum absolute atomic E-state index is 0.246. The van der Waals surface area contributed by atoms with Gasteiger partial charge in [0.1, 0.15) is 5.82 Å². The molecule has 0 fully saturated rings. The minimum Gasteiger partial charge on any atom is -0.302 e. The number of rotatable bonds is 4. The van der Waals surface area contributed by atoms with Gasteiger partial charge in [0.05, 0.1) is 11.8 Å². The zero-order chi connectivity index (χ0) is 18.2. The lowest BCUT2D eigenvalue weighted by atomic mass is 10.1. The van der Waals surface area contributed by atoms with E-state index in [1.165, 1.54) is 27.8 Å². The smallest absolute Gasteiger partial charge is 0.192 e. The van der Waals surface area contributed by atoms with E-state index < -0.39 is 0 Å². The molecule has 0 amide bonds. The highest BCUT2D eigenvalue weighted by Crippen LogP contribution is 2.51. The lowest BCUT2D eigenvalue weighted by Gasteiger charge is -2.14. The Morgan fingerprint density at radius 2 is 1.37 bits per heavy atom. The molecule has 1 aromatic heterocycles. The van der Waals surface area contributed by atoms with Crippen LogP contribution in [0.2, 0.25) is 0 Å². The van der Waals surface area contributed by atoms with Crippen LogP contribution in [0.15, 0.2) is 84.0 Å². The second-order valence-corrected chi connectivity index (χ2v) is 7.85. The molecule has 132 valence electrons. The van der Waals surface area contributed by atoms with Crippen LogP contribution in [0.3, 0.4) is 0 Å². The van der Waals surface area contributed by atoms with Crippen LogP contribution < -0.4 is 0 Å². The number of aromatic nitrogens is 3. The van der Waals surface area contributed by atoms with E-state index in [4.69, 9.17) is 0 Å². The van der Waals surface area contributed by atoms with E-state index in [0.29, 0.717) is 0 Å². The number of fused-ring (bicyclic) bond motifs is 3. The SMILES string of the molecule is Cc1nnc(SC2c3ccccc3-c3ccccc32)n1Cc1ccccc1. The first-order valence-corrected chi connectivity index (χ1v) is 9.98. The van der Waals surface area contributed by atoms with Crippen molar-refractivity contribution in [1.29, 1.82) is 0 Å². The van der Waals surface area contributed by atoms with Gasteiger partial charge >= 0.3 is 0 Å². The summed E-state index contributed by atoms with van der Waals surface area (Å²) in [5, 5.41) is 10.1. The molecule has 5 rings (SSSR count). The van der Waals surface area contributed by atoms with Gasteiger partial charge in [-0.15, -0.1) is 10.2 Å².